The predicted molar refractivity (Wildman–Crippen MR) is 79.4 cm³/mol. The van der Waals surface area contributed by atoms with Crippen molar-refractivity contribution in [1.82, 2.24) is 0 Å². The van der Waals surface area contributed by atoms with E-state index in [1.54, 1.807) is 18.2 Å². The number of ether oxygens (including phenoxy) is 1. The summed E-state index contributed by atoms with van der Waals surface area (Å²) < 4.78 is 33.2. The standard InChI is InChI=1S/C14H11BrF2N2O2/c1-21-11-5-2-7(15)6-10(11)19-14(20)12-8(16)3-4-9(18)13(12)17/h2-6H,18H2,1H3,(H,19,20). The molecule has 0 bridgehead atoms. The molecule has 7 heteroatoms. The number of halogens is 3. The fraction of sp³-hybridized carbons (Fsp3) is 0.0714. The van der Waals surface area contributed by atoms with Gasteiger partial charge in [-0.05, 0) is 30.3 Å². The van der Waals surface area contributed by atoms with Crippen LogP contribution >= 0.6 is 15.9 Å². The number of benzene rings is 2. The first-order valence-corrected chi connectivity index (χ1v) is 6.61. The highest BCUT2D eigenvalue weighted by Gasteiger charge is 2.20. The molecule has 0 atom stereocenters. The van der Waals surface area contributed by atoms with Gasteiger partial charge in [-0.25, -0.2) is 8.78 Å². The number of nitrogen functional groups attached to an aromatic ring is 1. The maximum atomic E-state index is 13.8. The van der Waals surface area contributed by atoms with Crippen LogP contribution in [0.3, 0.4) is 0 Å². The molecule has 2 aromatic rings. The van der Waals surface area contributed by atoms with Crippen molar-refractivity contribution < 1.29 is 18.3 Å². The molecular formula is C14H11BrF2N2O2. The van der Waals surface area contributed by atoms with Gasteiger partial charge >= 0.3 is 0 Å². The second kappa shape index (κ2) is 6.09. The van der Waals surface area contributed by atoms with Crippen LogP contribution in [0.15, 0.2) is 34.8 Å². The molecule has 0 aliphatic heterocycles. The van der Waals surface area contributed by atoms with E-state index in [4.69, 9.17) is 10.5 Å². The fourth-order valence-electron chi connectivity index (χ4n) is 1.74. The van der Waals surface area contributed by atoms with Crippen molar-refractivity contribution in [2.24, 2.45) is 0 Å². The third kappa shape index (κ3) is 3.13. The molecular weight excluding hydrogens is 346 g/mol. The average Bonchev–Trinajstić information content (AvgIpc) is 2.43. The van der Waals surface area contributed by atoms with E-state index in [-0.39, 0.29) is 11.4 Å². The summed E-state index contributed by atoms with van der Waals surface area (Å²) in [7, 11) is 1.42. The van der Waals surface area contributed by atoms with Crippen molar-refractivity contribution in [2.75, 3.05) is 18.2 Å². The van der Waals surface area contributed by atoms with Gasteiger partial charge in [0, 0.05) is 4.47 Å². The van der Waals surface area contributed by atoms with E-state index in [9.17, 15) is 13.6 Å². The molecule has 3 N–H and O–H groups in total. The first-order valence-electron chi connectivity index (χ1n) is 5.82. The molecule has 0 saturated carbocycles. The van der Waals surface area contributed by atoms with E-state index in [0.717, 1.165) is 12.1 Å². The molecule has 0 aliphatic carbocycles. The Morgan fingerprint density at radius 1 is 1.29 bits per heavy atom. The largest absolute Gasteiger partial charge is 0.495 e. The number of nitrogens with two attached hydrogens (primary N) is 1. The van der Waals surface area contributed by atoms with Crippen molar-refractivity contribution in [3.63, 3.8) is 0 Å². The molecule has 0 aliphatic rings. The van der Waals surface area contributed by atoms with Gasteiger partial charge in [-0.2, -0.15) is 0 Å². The van der Waals surface area contributed by atoms with Crippen LogP contribution < -0.4 is 15.8 Å². The van der Waals surface area contributed by atoms with Crippen LogP contribution in [-0.2, 0) is 0 Å². The number of carbonyl (C=O) groups is 1. The molecule has 4 nitrogen and oxygen atoms in total. The summed E-state index contributed by atoms with van der Waals surface area (Å²) in [6, 6.07) is 6.85. The number of hydrogen-bond donors (Lipinski definition) is 2. The Kier molecular flexibility index (Phi) is 4.42. The lowest BCUT2D eigenvalue weighted by molar-refractivity contribution is 0.101. The highest BCUT2D eigenvalue weighted by molar-refractivity contribution is 9.10. The van der Waals surface area contributed by atoms with Gasteiger partial charge in [0.2, 0.25) is 0 Å². The van der Waals surface area contributed by atoms with E-state index in [1.165, 1.54) is 7.11 Å². The number of rotatable bonds is 3. The molecule has 0 saturated heterocycles. The van der Waals surface area contributed by atoms with Gasteiger partial charge in [0.25, 0.3) is 5.91 Å². The van der Waals surface area contributed by atoms with Gasteiger partial charge in [0.05, 0.1) is 18.5 Å². The quantitative estimate of drug-likeness (QED) is 0.826. The summed E-state index contributed by atoms with van der Waals surface area (Å²) in [5.41, 5.74) is 4.58. The third-order valence-corrected chi connectivity index (χ3v) is 3.25. The predicted octanol–water partition coefficient (Wildman–Crippen LogP) is 3.57. The lowest BCUT2D eigenvalue weighted by Crippen LogP contribution is -2.17. The molecule has 0 heterocycles. The Balaban J connectivity index is 2.39. The maximum absolute atomic E-state index is 13.8. The van der Waals surface area contributed by atoms with Gasteiger partial charge in [0.1, 0.15) is 17.1 Å². The monoisotopic (exact) mass is 356 g/mol. The Morgan fingerprint density at radius 2 is 2.00 bits per heavy atom. The molecule has 2 aromatic carbocycles. The minimum Gasteiger partial charge on any atom is -0.495 e. The zero-order chi connectivity index (χ0) is 15.6. The summed E-state index contributed by atoms with van der Waals surface area (Å²) in [5, 5.41) is 2.40. The Hall–Kier alpha value is -2.15. The normalized spacial score (nSPS) is 10.3. The summed E-state index contributed by atoms with van der Waals surface area (Å²) in [5.74, 6) is -2.68. The number of carbonyl (C=O) groups excluding carboxylic acids is 1. The highest BCUT2D eigenvalue weighted by Crippen LogP contribution is 2.29. The molecule has 0 unspecified atom stereocenters. The van der Waals surface area contributed by atoms with Crippen LogP contribution in [0.5, 0.6) is 5.75 Å². The van der Waals surface area contributed by atoms with Crippen LogP contribution in [0.1, 0.15) is 10.4 Å². The molecule has 1 amide bonds. The Morgan fingerprint density at radius 3 is 2.67 bits per heavy atom. The number of nitrogens with one attached hydrogen (secondary N) is 1. The van der Waals surface area contributed by atoms with E-state index < -0.39 is 23.1 Å². The first kappa shape index (κ1) is 15.2. The SMILES string of the molecule is COc1ccc(Br)cc1NC(=O)c1c(F)ccc(N)c1F. The van der Waals surface area contributed by atoms with Crippen LogP contribution in [0.4, 0.5) is 20.2 Å². The fourth-order valence-corrected chi connectivity index (χ4v) is 2.10. The summed E-state index contributed by atoms with van der Waals surface area (Å²) in [6.45, 7) is 0. The molecule has 0 fully saturated rings. The van der Waals surface area contributed by atoms with Crippen molar-refractivity contribution in [2.45, 2.75) is 0 Å². The van der Waals surface area contributed by atoms with Crippen molar-refractivity contribution in [3.8, 4) is 5.75 Å². The van der Waals surface area contributed by atoms with Gasteiger partial charge in [0.15, 0.2) is 5.82 Å². The van der Waals surface area contributed by atoms with E-state index in [2.05, 4.69) is 21.2 Å². The third-order valence-electron chi connectivity index (χ3n) is 2.76. The van der Waals surface area contributed by atoms with Crippen molar-refractivity contribution in [1.29, 1.82) is 0 Å². The Bertz CT molecular complexity index is 708. The number of hydrogen-bond acceptors (Lipinski definition) is 3. The smallest absolute Gasteiger partial charge is 0.261 e. The van der Waals surface area contributed by atoms with Crippen LogP contribution in [-0.4, -0.2) is 13.0 Å². The molecule has 0 radical (unpaired) electrons. The second-order valence-electron chi connectivity index (χ2n) is 4.12. The maximum Gasteiger partial charge on any atom is 0.261 e. The summed E-state index contributed by atoms with van der Waals surface area (Å²) in [4.78, 5) is 12.1. The topological polar surface area (TPSA) is 64.3 Å². The van der Waals surface area contributed by atoms with E-state index in [1.807, 2.05) is 0 Å². The summed E-state index contributed by atoms with van der Waals surface area (Å²) in [6.07, 6.45) is 0. The molecule has 2 rings (SSSR count). The lowest BCUT2D eigenvalue weighted by atomic mass is 10.1. The zero-order valence-corrected chi connectivity index (χ0v) is 12.5. The van der Waals surface area contributed by atoms with E-state index >= 15 is 0 Å². The highest BCUT2D eigenvalue weighted by atomic mass is 79.9. The molecule has 21 heavy (non-hydrogen) atoms. The second-order valence-corrected chi connectivity index (χ2v) is 5.04. The lowest BCUT2D eigenvalue weighted by Gasteiger charge is -2.12. The average molecular weight is 357 g/mol. The first-order chi connectivity index (χ1) is 9.93. The number of amides is 1. The van der Waals surface area contributed by atoms with Crippen LogP contribution in [0, 0.1) is 11.6 Å². The summed E-state index contributed by atoms with van der Waals surface area (Å²) >= 11 is 3.24. The minimum absolute atomic E-state index is 0.276. The van der Waals surface area contributed by atoms with Crippen molar-refractivity contribution >= 4 is 33.2 Å². The number of anilines is 2. The number of methoxy groups -OCH3 is 1. The van der Waals surface area contributed by atoms with Gasteiger partial charge in [-0.3, -0.25) is 4.79 Å². The molecule has 0 spiro atoms. The van der Waals surface area contributed by atoms with Gasteiger partial charge in [-0.1, -0.05) is 15.9 Å². The molecule has 0 aromatic heterocycles. The van der Waals surface area contributed by atoms with Crippen LogP contribution in [0.2, 0.25) is 0 Å². The molecule has 110 valence electrons. The van der Waals surface area contributed by atoms with Gasteiger partial charge in [-0.15, -0.1) is 0 Å². The van der Waals surface area contributed by atoms with Crippen LogP contribution in [0.25, 0.3) is 0 Å². The van der Waals surface area contributed by atoms with Crippen molar-refractivity contribution in [3.05, 3.63) is 52.0 Å². The minimum atomic E-state index is -1.10. The van der Waals surface area contributed by atoms with E-state index in [0.29, 0.717) is 10.2 Å². The Labute approximate surface area is 128 Å². The zero-order valence-electron chi connectivity index (χ0n) is 10.9. The van der Waals surface area contributed by atoms with Gasteiger partial charge < -0.3 is 15.8 Å².